The zero-order valence-electron chi connectivity index (χ0n) is 11.6. The molecule has 2 rings (SSSR count). The SMILES string of the molecule is CNC(=C1C(=O)CC(C)(C)CC1=O)c1ccccc1. The maximum Gasteiger partial charge on any atom is 0.169 e. The second kappa shape index (κ2) is 5.00. The normalized spacial score (nSPS) is 18.4. The number of rotatable bonds is 2. The molecule has 0 saturated heterocycles. The lowest BCUT2D eigenvalue weighted by atomic mass is 9.73. The van der Waals surface area contributed by atoms with Crippen molar-refractivity contribution in [3.8, 4) is 0 Å². The Morgan fingerprint density at radius 2 is 1.58 bits per heavy atom. The van der Waals surface area contributed by atoms with E-state index in [1.807, 2.05) is 44.2 Å². The summed E-state index contributed by atoms with van der Waals surface area (Å²) < 4.78 is 0. The number of carbonyl (C=O) groups is 2. The van der Waals surface area contributed by atoms with Gasteiger partial charge >= 0.3 is 0 Å². The van der Waals surface area contributed by atoms with Crippen LogP contribution in [-0.4, -0.2) is 18.6 Å². The van der Waals surface area contributed by atoms with Crippen molar-refractivity contribution in [2.75, 3.05) is 7.05 Å². The molecule has 1 aromatic rings. The van der Waals surface area contributed by atoms with Crippen LogP contribution >= 0.6 is 0 Å². The van der Waals surface area contributed by atoms with E-state index in [-0.39, 0.29) is 17.0 Å². The number of carbonyl (C=O) groups excluding carboxylic acids is 2. The van der Waals surface area contributed by atoms with Crippen molar-refractivity contribution in [3.63, 3.8) is 0 Å². The van der Waals surface area contributed by atoms with Gasteiger partial charge in [0.2, 0.25) is 0 Å². The van der Waals surface area contributed by atoms with Gasteiger partial charge in [-0.05, 0) is 11.0 Å². The molecule has 0 radical (unpaired) electrons. The second-order valence-corrected chi connectivity index (χ2v) is 5.73. The zero-order chi connectivity index (χ0) is 14.0. The standard InChI is InChI=1S/C16H19NO2/c1-16(2)9-12(18)14(13(19)10-16)15(17-3)11-7-5-4-6-8-11/h4-8,17H,9-10H2,1-3H3. The fraction of sp³-hybridized carbons (Fsp3) is 0.375. The molecule has 3 nitrogen and oxygen atoms in total. The number of Topliss-reactive ketones (excluding diaryl/α,β-unsaturated/α-hetero) is 2. The van der Waals surface area contributed by atoms with E-state index in [1.54, 1.807) is 7.05 Å². The summed E-state index contributed by atoms with van der Waals surface area (Å²) in [4.78, 5) is 24.6. The van der Waals surface area contributed by atoms with Crippen LogP contribution in [0.1, 0.15) is 32.3 Å². The van der Waals surface area contributed by atoms with Crippen molar-refractivity contribution in [1.29, 1.82) is 0 Å². The van der Waals surface area contributed by atoms with E-state index < -0.39 is 0 Å². The van der Waals surface area contributed by atoms with E-state index in [4.69, 9.17) is 0 Å². The van der Waals surface area contributed by atoms with Crippen molar-refractivity contribution in [3.05, 3.63) is 41.5 Å². The predicted octanol–water partition coefficient (Wildman–Crippen LogP) is 2.58. The number of allylic oxidation sites excluding steroid dienone is 1. The predicted molar refractivity (Wildman–Crippen MR) is 75.5 cm³/mol. The molecule has 1 aliphatic carbocycles. The quantitative estimate of drug-likeness (QED) is 0.654. The van der Waals surface area contributed by atoms with Gasteiger partial charge in [-0.1, -0.05) is 44.2 Å². The molecule has 0 bridgehead atoms. The largest absolute Gasteiger partial charge is 0.387 e. The van der Waals surface area contributed by atoms with Gasteiger partial charge in [-0.15, -0.1) is 0 Å². The monoisotopic (exact) mass is 257 g/mol. The van der Waals surface area contributed by atoms with Crippen molar-refractivity contribution < 1.29 is 9.59 Å². The minimum absolute atomic E-state index is 0.0607. The summed E-state index contributed by atoms with van der Waals surface area (Å²) in [5, 5.41) is 3.01. The first-order chi connectivity index (χ1) is 8.94. The Morgan fingerprint density at radius 1 is 1.05 bits per heavy atom. The lowest BCUT2D eigenvalue weighted by molar-refractivity contribution is -0.127. The van der Waals surface area contributed by atoms with Gasteiger partial charge < -0.3 is 5.32 Å². The van der Waals surface area contributed by atoms with Crippen molar-refractivity contribution in [2.45, 2.75) is 26.7 Å². The van der Waals surface area contributed by atoms with Gasteiger partial charge in [0.1, 0.15) is 0 Å². The molecule has 100 valence electrons. The Balaban J connectivity index is 2.50. The number of nitrogens with one attached hydrogen (secondary N) is 1. The van der Waals surface area contributed by atoms with E-state index >= 15 is 0 Å². The molecule has 0 unspecified atom stereocenters. The molecule has 1 N–H and O–H groups in total. The summed E-state index contributed by atoms with van der Waals surface area (Å²) in [6.07, 6.45) is 0.845. The van der Waals surface area contributed by atoms with E-state index in [0.717, 1.165) is 5.56 Å². The van der Waals surface area contributed by atoms with Crippen molar-refractivity contribution in [1.82, 2.24) is 5.32 Å². The molecular weight excluding hydrogens is 238 g/mol. The van der Waals surface area contributed by atoms with E-state index in [1.165, 1.54) is 0 Å². The van der Waals surface area contributed by atoms with Crippen LogP contribution in [0.3, 0.4) is 0 Å². The first-order valence-electron chi connectivity index (χ1n) is 6.48. The summed E-state index contributed by atoms with van der Waals surface area (Å²) in [7, 11) is 1.75. The molecule has 0 spiro atoms. The zero-order valence-corrected chi connectivity index (χ0v) is 11.6. The molecule has 1 aromatic carbocycles. The fourth-order valence-electron chi connectivity index (χ4n) is 2.56. The first kappa shape index (κ1) is 13.5. The summed E-state index contributed by atoms with van der Waals surface area (Å²) in [6.45, 7) is 3.92. The van der Waals surface area contributed by atoms with Crippen LogP contribution in [0.4, 0.5) is 0 Å². The van der Waals surface area contributed by atoms with E-state index in [2.05, 4.69) is 5.32 Å². The van der Waals surface area contributed by atoms with Crippen LogP contribution in [0.25, 0.3) is 5.70 Å². The third-order valence-electron chi connectivity index (χ3n) is 3.40. The highest BCUT2D eigenvalue weighted by Gasteiger charge is 2.37. The molecule has 0 aromatic heterocycles. The molecule has 1 fully saturated rings. The van der Waals surface area contributed by atoms with Crippen LogP contribution in [-0.2, 0) is 9.59 Å². The van der Waals surface area contributed by atoms with Gasteiger partial charge in [0.05, 0.1) is 11.3 Å². The van der Waals surface area contributed by atoms with Gasteiger partial charge in [0.25, 0.3) is 0 Å². The Hall–Kier alpha value is -1.90. The van der Waals surface area contributed by atoms with E-state index in [0.29, 0.717) is 24.1 Å². The highest BCUT2D eigenvalue weighted by Crippen LogP contribution is 2.35. The molecule has 0 amide bonds. The summed E-state index contributed by atoms with van der Waals surface area (Å²) >= 11 is 0. The Labute approximate surface area is 113 Å². The number of hydrogen-bond acceptors (Lipinski definition) is 3. The average molecular weight is 257 g/mol. The van der Waals surface area contributed by atoms with Crippen LogP contribution in [0.5, 0.6) is 0 Å². The topological polar surface area (TPSA) is 46.2 Å². The molecule has 1 aliphatic rings. The van der Waals surface area contributed by atoms with Gasteiger partial charge in [0, 0.05) is 19.9 Å². The lowest BCUT2D eigenvalue weighted by Crippen LogP contribution is -2.33. The van der Waals surface area contributed by atoms with Gasteiger partial charge in [-0.3, -0.25) is 9.59 Å². The number of ketones is 2. The minimum Gasteiger partial charge on any atom is -0.387 e. The molecule has 0 aliphatic heterocycles. The summed E-state index contributed by atoms with van der Waals surface area (Å²) in [6, 6.07) is 9.51. The Morgan fingerprint density at radius 3 is 2.05 bits per heavy atom. The molecular formula is C16H19NO2. The molecule has 0 atom stereocenters. The Kier molecular flexibility index (Phi) is 3.56. The minimum atomic E-state index is -0.229. The van der Waals surface area contributed by atoms with Crippen molar-refractivity contribution >= 4 is 17.3 Å². The first-order valence-corrected chi connectivity index (χ1v) is 6.48. The number of benzene rings is 1. The van der Waals surface area contributed by atoms with E-state index in [9.17, 15) is 9.59 Å². The van der Waals surface area contributed by atoms with Gasteiger partial charge in [-0.2, -0.15) is 0 Å². The van der Waals surface area contributed by atoms with Crippen LogP contribution in [0.15, 0.2) is 35.9 Å². The smallest absolute Gasteiger partial charge is 0.169 e. The summed E-state index contributed by atoms with van der Waals surface area (Å²) in [5.41, 5.74) is 1.62. The van der Waals surface area contributed by atoms with Crippen LogP contribution < -0.4 is 5.32 Å². The van der Waals surface area contributed by atoms with Crippen molar-refractivity contribution in [2.24, 2.45) is 5.41 Å². The van der Waals surface area contributed by atoms with Crippen LogP contribution in [0.2, 0.25) is 0 Å². The second-order valence-electron chi connectivity index (χ2n) is 5.73. The Bertz CT molecular complexity index is 519. The molecule has 3 heteroatoms. The fourth-order valence-corrected chi connectivity index (χ4v) is 2.56. The van der Waals surface area contributed by atoms with Crippen LogP contribution in [0, 0.1) is 5.41 Å². The highest BCUT2D eigenvalue weighted by atomic mass is 16.2. The third-order valence-corrected chi connectivity index (χ3v) is 3.40. The van der Waals surface area contributed by atoms with Gasteiger partial charge in [-0.25, -0.2) is 0 Å². The molecule has 0 heterocycles. The highest BCUT2D eigenvalue weighted by molar-refractivity contribution is 6.26. The lowest BCUT2D eigenvalue weighted by Gasteiger charge is -2.29. The average Bonchev–Trinajstić information content (AvgIpc) is 2.33. The maximum atomic E-state index is 12.3. The number of hydrogen-bond donors (Lipinski definition) is 1. The van der Waals surface area contributed by atoms with Gasteiger partial charge in [0.15, 0.2) is 11.6 Å². The maximum absolute atomic E-state index is 12.3. The molecule has 19 heavy (non-hydrogen) atoms. The third kappa shape index (κ3) is 2.75. The summed E-state index contributed by atoms with van der Waals surface area (Å²) in [5.74, 6) is -0.121. The molecule has 1 saturated carbocycles.